The summed E-state index contributed by atoms with van der Waals surface area (Å²) in [5.41, 5.74) is 5.33. The second-order valence-corrected chi connectivity index (χ2v) is 7.39. The number of carbonyl (C=O) groups excluding carboxylic acids is 1. The van der Waals surface area contributed by atoms with E-state index in [1.54, 1.807) is 33.7 Å². The van der Waals surface area contributed by atoms with Gasteiger partial charge in [-0.3, -0.25) is 9.78 Å². The number of pyridine rings is 1. The van der Waals surface area contributed by atoms with E-state index in [-0.39, 0.29) is 5.91 Å². The van der Waals surface area contributed by atoms with E-state index in [1.165, 1.54) is 5.56 Å². The first-order valence-corrected chi connectivity index (χ1v) is 10.3. The van der Waals surface area contributed by atoms with Crippen molar-refractivity contribution in [3.05, 3.63) is 66.0 Å². The average Bonchev–Trinajstić information content (AvgIpc) is 3.25. The van der Waals surface area contributed by atoms with E-state index in [2.05, 4.69) is 17.1 Å². The molecule has 2 heterocycles. The molecule has 1 amide bonds. The fraction of sp³-hybridized carbons (Fsp3) is 0.280. The summed E-state index contributed by atoms with van der Waals surface area (Å²) in [5, 5.41) is 0. The molecule has 0 unspecified atom stereocenters. The molecule has 0 bridgehead atoms. The summed E-state index contributed by atoms with van der Waals surface area (Å²) >= 11 is 0. The summed E-state index contributed by atoms with van der Waals surface area (Å²) in [6, 6.07) is 13.9. The van der Waals surface area contributed by atoms with Gasteiger partial charge < -0.3 is 19.1 Å². The molecule has 0 saturated heterocycles. The van der Waals surface area contributed by atoms with Gasteiger partial charge in [0.25, 0.3) is 0 Å². The Morgan fingerprint density at radius 2 is 1.65 bits per heavy atom. The van der Waals surface area contributed by atoms with Gasteiger partial charge in [-0.05, 0) is 53.8 Å². The zero-order valence-electron chi connectivity index (χ0n) is 18.1. The van der Waals surface area contributed by atoms with Crippen LogP contribution in [0.5, 0.6) is 17.2 Å². The summed E-state index contributed by atoms with van der Waals surface area (Å²) in [4.78, 5) is 19.0. The second-order valence-electron chi connectivity index (χ2n) is 7.39. The van der Waals surface area contributed by atoms with E-state index in [4.69, 9.17) is 14.2 Å². The van der Waals surface area contributed by atoms with Crippen LogP contribution in [-0.2, 0) is 17.6 Å². The zero-order chi connectivity index (χ0) is 21.8. The standard InChI is InChI=1S/C25H26N2O4/c1-29-20-15-23(30-2)21(24(16-20)31-3)5-7-25(28)27-13-10-19-14-18(4-6-22(19)27)17-8-11-26-12-9-17/h4,6,8-9,11-12,14-16H,5,7,10,13H2,1-3H3. The Hall–Kier alpha value is -3.54. The van der Waals surface area contributed by atoms with Gasteiger partial charge in [0.15, 0.2) is 0 Å². The van der Waals surface area contributed by atoms with Crippen molar-refractivity contribution in [1.29, 1.82) is 0 Å². The van der Waals surface area contributed by atoms with Crippen LogP contribution >= 0.6 is 0 Å². The molecule has 0 fully saturated rings. The third-order valence-corrected chi connectivity index (χ3v) is 5.70. The highest BCUT2D eigenvalue weighted by Crippen LogP contribution is 2.36. The Morgan fingerprint density at radius 1 is 0.935 bits per heavy atom. The number of fused-ring (bicyclic) bond motifs is 1. The normalized spacial score (nSPS) is 12.4. The van der Waals surface area contributed by atoms with E-state index in [0.717, 1.165) is 28.8 Å². The maximum atomic E-state index is 13.1. The number of hydrogen-bond donors (Lipinski definition) is 0. The minimum atomic E-state index is 0.0929. The summed E-state index contributed by atoms with van der Waals surface area (Å²) in [6.45, 7) is 0.699. The summed E-state index contributed by atoms with van der Waals surface area (Å²) in [6.07, 6.45) is 5.33. The van der Waals surface area contributed by atoms with E-state index >= 15 is 0 Å². The molecule has 0 N–H and O–H groups in total. The van der Waals surface area contributed by atoms with Crippen molar-refractivity contribution in [1.82, 2.24) is 4.98 Å². The van der Waals surface area contributed by atoms with Crippen LogP contribution in [0.2, 0.25) is 0 Å². The van der Waals surface area contributed by atoms with Gasteiger partial charge in [-0.15, -0.1) is 0 Å². The zero-order valence-corrected chi connectivity index (χ0v) is 18.1. The minimum absolute atomic E-state index is 0.0929. The van der Waals surface area contributed by atoms with Crippen molar-refractivity contribution in [3.63, 3.8) is 0 Å². The van der Waals surface area contributed by atoms with Gasteiger partial charge in [-0.25, -0.2) is 0 Å². The first-order valence-electron chi connectivity index (χ1n) is 10.3. The highest BCUT2D eigenvalue weighted by Gasteiger charge is 2.25. The molecule has 160 valence electrons. The van der Waals surface area contributed by atoms with Crippen molar-refractivity contribution >= 4 is 11.6 Å². The number of benzene rings is 2. The van der Waals surface area contributed by atoms with Crippen LogP contribution in [0, 0.1) is 0 Å². The molecule has 3 aromatic rings. The quantitative estimate of drug-likeness (QED) is 0.573. The lowest BCUT2D eigenvalue weighted by molar-refractivity contribution is -0.118. The predicted octanol–water partition coefficient (Wildman–Crippen LogP) is 4.30. The van der Waals surface area contributed by atoms with Gasteiger partial charge in [0.05, 0.1) is 21.3 Å². The predicted molar refractivity (Wildman–Crippen MR) is 120 cm³/mol. The van der Waals surface area contributed by atoms with Crippen LogP contribution in [0.3, 0.4) is 0 Å². The van der Waals surface area contributed by atoms with Gasteiger partial charge >= 0.3 is 0 Å². The number of methoxy groups -OCH3 is 3. The molecule has 2 aromatic carbocycles. The lowest BCUT2D eigenvalue weighted by atomic mass is 10.0. The molecule has 0 radical (unpaired) electrons. The number of ether oxygens (including phenoxy) is 3. The monoisotopic (exact) mass is 418 g/mol. The van der Waals surface area contributed by atoms with Crippen LogP contribution in [-0.4, -0.2) is 38.8 Å². The summed E-state index contributed by atoms with van der Waals surface area (Å²) < 4.78 is 16.3. The van der Waals surface area contributed by atoms with Crippen molar-refractivity contribution in [3.8, 4) is 28.4 Å². The number of anilines is 1. The van der Waals surface area contributed by atoms with E-state index in [1.807, 2.05) is 35.2 Å². The van der Waals surface area contributed by atoms with Crippen molar-refractivity contribution in [2.75, 3.05) is 32.8 Å². The van der Waals surface area contributed by atoms with E-state index < -0.39 is 0 Å². The molecule has 0 aliphatic carbocycles. The van der Waals surface area contributed by atoms with Gasteiger partial charge in [-0.1, -0.05) is 6.07 Å². The average molecular weight is 418 g/mol. The van der Waals surface area contributed by atoms with Gasteiger partial charge in [0, 0.05) is 48.7 Å². The molecule has 31 heavy (non-hydrogen) atoms. The molecule has 6 nitrogen and oxygen atoms in total. The van der Waals surface area contributed by atoms with Crippen LogP contribution in [0.4, 0.5) is 5.69 Å². The van der Waals surface area contributed by atoms with Crippen LogP contribution < -0.4 is 19.1 Å². The molecule has 1 aromatic heterocycles. The van der Waals surface area contributed by atoms with E-state index in [0.29, 0.717) is 36.6 Å². The summed E-state index contributed by atoms with van der Waals surface area (Å²) in [5.74, 6) is 2.07. The number of carbonyl (C=O) groups is 1. The maximum absolute atomic E-state index is 13.1. The van der Waals surface area contributed by atoms with Crippen molar-refractivity contribution < 1.29 is 19.0 Å². The fourth-order valence-corrected chi connectivity index (χ4v) is 4.08. The molecule has 4 rings (SSSR count). The highest BCUT2D eigenvalue weighted by molar-refractivity contribution is 5.96. The Balaban J connectivity index is 1.50. The smallest absolute Gasteiger partial charge is 0.227 e. The second kappa shape index (κ2) is 9.08. The molecular formula is C25H26N2O4. The largest absolute Gasteiger partial charge is 0.496 e. The Labute approximate surface area is 182 Å². The number of nitrogens with zero attached hydrogens (tertiary/aromatic N) is 2. The first kappa shape index (κ1) is 20.7. The molecular weight excluding hydrogens is 392 g/mol. The Morgan fingerprint density at radius 3 is 2.29 bits per heavy atom. The van der Waals surface area contributed by atoms with Gasteiger partial charge in [-0.2, -0.15) is 0 Å². The number of hydrogen-bond acceptors (Lipinski definition) is 5. The van der Waals surface area contributed by atoms with Crippen molar-refractivity contribution in [2.24, 2.45) is 0 Å². The first-order chi connectivity index (χ1) is 15.1. The minimum Gasteiger partial charge on any atom is -0.496 e. The summed E-state index contributed by atoms with van der Waals surface area (Å²) in [7, 11) is 4.82. The number of rotatable bonds is 7. The molecule has 0 atom stereocenters. The van der Waals surface area contributed by atoms with Gasteiger partial charge in [0.2, 0.25) is 5.91 Å². The van der Waals surface area contributed by atoms with Gasteiger partial charge in [0.1, 0.15) is 17.2 Å². The molecule has 1 aliphatic heterocycles. The molecule has 0 spiro atoms. The lowest BCUT2D eigenvalue weighted by Gasteiger charge is -2.19. The third-order valence-electron chi connectivity index (χ3n) is 5.70. The Kier molecular flexibility index (Phi) is 6.07. The molecule has 6 heteroatoms. The third kappa shape index (κ3) is 4.19. The Bertz CT molecular complexity index is 1060. The van der Waals surface area contributed by atoms with Crippen LogP contribution in [0.15, 0.2) is 54.9 Å². The molecule has 1 aliphatic rings. The van der Waals surface area contributed by atoms with Crippen LogP contribution in [0.1, 0.15) is 17.5 Å². The topological polar surface area (TPSA) is 60.9 Å². The van der Waals surface area contributed by atoms with Crippen molar-refractivity contribution in [2.45, 2.75) is 19.3 Å². The lowest BCUT2D eigenvalue weighted by Crippen LogP contribution is -2.29. The van der Waals surface area contributed by atoms with E-state index in [9.17, 15) is 4.79 Å². The highest BCUT2D eigenvalue weighted by atomic mass is 16.5. The maximum Gasteiger partial charge on any atom is 0.227 e. The SMILES string of the molecule is COc1cc(OC)c(CCC(=O)N2CCc3cc(-c4ccncc4)ccc32)c(OC)c1. The molecule has 0 saturated carbocycles. The number of amides is 1. The number of aromatic nitrogens is 1. The van der Waals surface area contributed by atoms with Crippen LogP contribution in [0.25, 0.3) is 11.1 Å². The fourth-order valence-electron chi connectivity index (χ4n) is 4.08.